The first kappa shape index (κ1) is 14.0. The molecule has 1 aromatic carbocycles. The van der Waals surface area contributed by atoms with Crippen LogP contribution in [0.4, 0.5) is 0 Å². The standard InChI is InChI=1S/C15H20N2OS/c1-10(2)14-13(9-16-3)19-15(17-14)11-6-5-7-12(8-11)18-4/h5-8,10,16H,9H2,1-4H3. The van der Waals surface area contributed by atoms with Gasteiger partial charge < -0.3 is 10.1 Å². The maximum atomic E-state index is 5.27. The van der Waals surface area contributed by atoms with Gasteiger partial charge in [0.1, 0.15) is 10.8 Å². The van der Waals surface area contributed by atoms with Gasteiger partial charge in [-0.25, -0.2) is 4.98 Å². The highest BCUT2D eigenvalue weighted by Gasteiger charge is 2.14. The number of ether oxygens (including phenoxy) is 1. The molecule has 0 spiro atoms. The van der Waals surface area contributed by atoms with Gasteiger partial charge in [0, 0.05) is 17.0 Å². The molecule has 102 valence electrons. The minimum absolute atomic E-state index is 0.443. The van der Waals surface area contributed by atoms with E-state index in [1.165, 1.54) is 10.6 Å². The summed E-state index contributed by atoms with van der Waals surface area (Å²) in [6.07, 6.45) is 0. The van der Waals surface area contributed by atoms with Crippen molar-refractivity contribution >= 4 is 11.3 Å². The molecule has 3 nitrogen and oxygen atoms in total. The number of nitrogens with one attached hydrogen (secondary N) is 1. The van der Waals surface area contributed by atoms with Crippen LogP contribution in [0.25, 0.3) is 10.6 Å². The van der Waals surface area contributed by atoms with Crippen molar-refractivity contribution in [1.82, 2.24) is 10.3 Å². The molecule has 1 aromatic heterocycles. The van der Waals surface area contributed by atoms with Crippen LogP contribution in [0, 0.1) is 0 Å². The van der Waals surface area contributed by atoms with E-state index in [-0.39, 0.29) is 0 Å². The average molecular weight is 276 g/mol. The zero-order valence-corrected chi connectivity index (χ0v) is 12.7. The summed E-state index contributed by atoms with van der Waals surface area (Å²) in [5, 5.41) is 4.28. The van der Waals surface area contributed by atoms with Gasteiger partial charge in [0.25, 0.3) is 0 Å². The maximum absolute atomic E-state index is 5.27. The van der Waals surface area contributed by atoms with Crippen LogP contribution in [0.2, 0.25) is 0 Å². The number of nitrogens with zero attached hydrogens (tertiary/aromatic N) is 1. The Labute approximate surface area is 118 Å². The predicted molar refractivity (Wildman–Crippen MR) is 81.0 cm³/mol. The Balaban J connectivity index is 2.41. The van der Waals surface area contributed by atoms with Crippen molar-refractivity contribution < 1.29 is 4.74 Å². The molecule has 0 atom stereocenters. The summed E-state index contributed by atoms with van der Waals surface area (Å²) in [6, 6.07) is 8.07. The Hall–Kier alpha value is -1.39. The fourth-order valence-corrected chi connectivity index (χ4v) is 3.21. The first-order chi connectivity index (χ1) is 9.15. The summed E-state index contributed by atoms with van der Waals surface area (Å²) in [7, 11) is 3.65. The number of rotatable bonds is 5. The molecular formula is C15H20N2OS. The molecule has 1 N–H and O–H groups in total. The quantitative estimate of drug-likeness (QED) is 0.905. The van der Waals surface area contributed by atoms with Crippen molar-refractivity contribution in [2.75, 3.05) is 14.2 Å². The molecule has 1 heterocycles. The molecule has 2 aromatic rings. The van der Waals surface area contributed by atoms with Crippen molar-refractivity contribution in [1.29, 1.82) is 0 Å². The molecule has 0 bridgehead atoms. The van der Waals surface area contributed by atoms with Crippen LogP contribution in [0.1, 0.15) is 30.3 Å². The summed E-state index contributed by atoms with van der Waals surface area (Å²) in [5.41, 5.74) is 2.31. The minimum Gasteiger partial charge on any atom is -0.497 e. The molecule has 0 radical (unpaired) electrons. The molecule has 0 aliphatic rings. The molecule has 0 unspecified atom stereocenters. The normalized spacial score (nSPS) is 11.0. The van der Waals surface area contributed by atoms with E-state index in [2.05, 4.69) is 25.2 Å². The fraction of sp³-hybridized carbons (Fsp3) is 0.400. The van der Waals surface area contributed by atoms with Gasteiger partial charge in [-0.3, -0.25) is 0 Å². The molecule has 4 heteroatoms. The molecule has 0 saturated carbocycles. The number of benzene rings is 1. The Bertz CT molecular complexity index is 549. The predicted octanol–water partition coefficient (Wildman–Crippen LogP) is 3.66. The van der Waals surface area contributed by atoms with Crippen LogP contribution in [0.3, 0.4) is 0 Å². The van der Waals surface area contributed by atoms with E-state index in [9.17, 15) is 0 Å². The van der Waals surface area contributed by atoms with E-state index >= 15 is 0 Å². The number of methoxy groups -OCH3 is 1. The third kappa shape index (κ3) is 3.14. The largest absolute Gasteiger partial charge is 0.497 e. The summed E-state index contributed by atoms with van der Waals surface area (Å²) in [6.45, 7) is 5.24. The van der Waals surface area contributed by atoms with Crippen LogP contribution >= 0.6 is 11.3 Å². The third-order valence-corrected chi connectivity index (χ3v) is 4.05. The third-order valence-electron chi connectivity index (χ3n) is 2.93. The summed E-state index contributed by atoms with van der Waals surface area (Å²) < 4.78 is 5.27. The van der Waals surface area contributed by atoms with Crippen LogP contribution < -0.4 is 10.1 Å². The van der Waals surface area contributed by atoms with Gasteiger partial charge in [0.15, 0.2) is 0 Å². The van der Waals surface area contributed by atoms with Crippen LogP contribution in [-0.2, 0) is 6.54 Å². The second kappa shape index (κ2) is 6.17. The van der Waals surface area contributed by atoms with E-state index in [1.807, 2.05) is 25.2 Å². The van der Waals surface area contributed by atoms with Gasteiger partial charge in [0.05, 0.1) is 12.8 Å². The van der Waals surface area contributed by atoms with E-state index < -0.39 is 0 Å². The summed E-state index contributed by atoms with van der Waals surface area (Å²) in [4.78, 5) is 6.11. The zero-order valence-electron chi connectivity index (χ0n) is 11.9. The molecule has 0 amide bonds. The van der Waals surface area contributed by atoms with Gasteiger partial charge in [0.2, 0.25) is 0 Å². The van der Waals surface area contributed by atoms with Crippen molar-refractivity contribution in [2.45, 2.75) is 26.3 Å². The maximum Gasteiger partial charge on any atom is 0.124 e. The Morgan fingerprint density at radius 3 is 2.79 bits per heavy atom. The second-order valence-electron chi connectivity index (χ2n) is 4.74. The number of aromatic nitrogens is 1. The highest BCUT2D eigenvalue weighted by molar-refractivity contribution is 7.15. The van der Waals surface area contributed by atoms with Gasteiger partial charge in [-0.1, -0.05) is 26.0 Å². The van der Waals surface area contributed by atoms with E-state index in [1.54, 1.807) is 18.4 Å². The van der Waals surface area contributed by atoms with Gasteiger partial charge >= 0.3 is 0 Å². The summed E-state index contributed by atoms with van der Waals surface area (Å²) in [5.74, 6) is 1.31. The molecule has 0 saturated heterocycles. The first-order valence-corrected chi connectivity index (χ1v) is 7.26. The van der Waals surface area contributed by atoms with Crippen LogP contribution in [0.5, 0.6) is 5.75 Å². The topological polar surface area (TPSA) is 34.1 Å². The van der Waals surface area contributed by atoms with Crippen molar-refractivity contribution in [3.05, 3.63) is 34.8 Å². The monoisotopic (exact) mass is 276 g/mol. The molecule has 19 heavy (non-hydrogen) atoms. The zero-order chi connectivity index (χ0) is 13.8. The lowest BCUT2D eigenvalue weighted by Gasteiger charge is -2.03. The van der Waals surface area contributed by atoms with Crippen molar-refractivity contribution in [3.63, 3.8) is 0 Å². The fourth-order valence-electron chi connectivity index (χ4n) is 1.98. The van der Waals surface area contributed by atoms with Crippen LogP contribution in [0.15, 0.2) is 24.3 Å². The van der Waals surface area contributed by atoms with Crippen molar-refractivity contribution in [2.24, 2.45) is 0 Å². The summed E-state index contributed by atoms with van der Waals surface area (Å²) >= 11 is 1.76. The van der Waals surface area contributed by atoms with Gasteiger partial charge in [-0.15, -0.1) is 11.3 Å². The Kier molecular flexibility index (Phi) is 4.56. The second-order valence-corrected chi connectivity index (χ2v) is 5.83. The molecule has 0 aliphatic carbocycles. The molecular weight excluding hydrogens is 256 g/mol. The molecule has 2 rings (SSSR count). The van der Waals surface area contributed by atoms with Gasteiger partial charge in [-0.05, 0) is 25.1 Å². The smallest absolute Gasteiger partial charge is 0.124 e. The molecule has 0 fully saturated rings. The lowest BCUT2D eigenvalue weighted by molar-refractivity contribution is 0.415. The highest BCUT2D eigenvalue weighted by Crippen LogP contribution is 2.33. The van der Waals surface area contributed by atoms with E-state index in [4.69, 9.17) is 9.72 Å². The van der Waals surface area contributed by atoms with Gasteiger partial charge in [-0.2, -0.15) is 0 Å². The molecule has 0 aliphatic heterocycles. The minimum atomic E-state index is 0.443. The Morgan fingerprint density at radius 1 is 1.37 bits per heavy atom. The number of thiazole rings is 1. The SMILES string of the molecule is CNCc1sc(-c2cccc(OC)c2)nc1C(C)C. The first-order valence-electron chi connectivity index (χ1n) is 6.44. The Morgan fingerprint density at radius 2 is 2.16 bits per heavy atom. The van der Waals surface area contributed by atoms with E-state index in [0.717, 1.165) is 22.9 Å². The highest BCUT2D eigenvalue weighted by atomic mass is 32.1. The number of hydrogen-bond acceptors (Lipinski definition) is 4. The van der Waals surface area contributed by atoms with E-state index in [0.29, 0.717) is 5.92 Å². The van der Waals surface area contributed by atoms with Crippen LogP contribution in [-0.4, -0.2) is 19.1 Å². The number of hydrogen-bond donors (Lipinski definition) is 1. The average Bonchev–Trinajstić information content (AvgIpc) is 2.83. The lowest BCUT2D eigenvalue weighted by atomic mass is 10.1. The van der Waals surface area contributed by atoms with Crippen molar-refractivity contribution in [3.8, 4) is 16.3 Å². The lowest BCUT2D eigenvalue weighted by Crippen LogP contribution is -2.06.